The second-order valence-corrected chi connectivity index (χ2v) is 13.1. The Balaban J connectivity index is 2.12. The Bertz CT molecular complexity index is 580. The van der Waals surface area contributed by atoms with Crippen LogP contribution in [0.3, 0.4) is 0 Å². The largest absolute Gasteiger partial charge is 0.550 e. The van der Waals surface area contributed by atoms with Gasteiger partial charge >= 0.3 is 5.97 Å². The van der Waals surface area contributed by atoms with Gasteiger partial charge in [-0.2, -0.15) is 0 Å². The highest BCUT2D eigenvalue weighted by Gasteiger charge is 2.59. The molecule has 2 saturated carbocycles. The Morgan fingerprint density at radius 3 is 2.50 bits per heavy atom. The van der Waals surface area contributed by atoms with E-state index in [0.717, 1.165) is 50.7 Å². The van der Waals surface area contributed by atoms with Crippen molar-refractivity contribution in [3.8, 4) is 0 Å². The number of allylic oxidation sites excluding steroid dienone is 2. The smallest absolute Gasteiger partial charge is 0.302 e. The number of carbonyl (C=O) groups excluding carboxylic acids is 1. The van der Waals surface area contributed by atoms with Gasteiger partial charge in [0.2, 0.25) is 9.04 Å². The maximum absolute atomic E-state index is 11.6. The standard InChI is InChI=1S/C23H42O4Si/c1-17(24)26-16-19-11-14-23(25)15-18(10-13-22(19,23)5)20(27-28(6)7)9-8-12-21(2,3)4/h9,18-19,25,28H,8,10-16H2,1-7H3/b20-9+/t18-,19+,22+,23-/m0/s1. The zero-order valence-electron chi connectivity index (χ0n) is 19.1. The van der Waals surface area contributed by atoms with Gasteiger partial charge in [-0.25, -0.2) is 0 Å². The fraction of sp³-hybridized carbons (Fsp3) is 0.870. The van der Waals surface area contributed by atoms with Crippen molar-refractivity contribution in [2.45, 2.75) is 98.3 Å². The lowest BCUT2D eigenvalue weighted by Gasteiger charge is -2.49. The molecule has 162 valence electrons. The first-order chi connectivity index (χ1) is 12.9. The van der Waals surface area contributed by atoms with Crippen molar-refractivity contribution in [1.82, 2.24) is 0 Å². The van der Waals surface area contributed by atoms with Gasteiger partial charge in [0, 0.05) is 24.2 Å². The fourth-order valence-electron chi connectivity index (χ4n) is 5.11. The molecule has 0 aliphatic heterocycles. The van der Waals surface area contributed by atoms with Crippen LogP contribution in [0.25, 0.3) is 0 Å². The summed E-state index contributed by atoms with van der Waals surface area (Å²) in [5, 5.41) is 11.6. The minimum absolute atomic E-state index is 0.176. The number of aliphatic hydroxyl groups is 1. The summed E-state index contributed by atoms with van der Waals surface area (Å²) >= 11 is 0. The number of esters is 1. The van der Waals surface area contributed by atoms with Gasteiger partial charge in [-0.1, -0.05) is 27.7 Å². The fourth-order valence-corrected chi connectivity index (χ4v) is 5.94. The molecule has 4 atom stereocenters. The van der Waals surface area contributed by atoms with Gasteiger partial charge in [-0.3, -0.25) is 4.79 Å². The van der Waals surface area contributed by atoms with Gasteiger partial charge in [-0.05, 0) is 69.5 Å². The number of hydrogen-bond donors (Lipinski definition) is 1. The van der Waals surface area contributed by atoms with Crippen LogP contribution in [0.2, 0.25) is 13.1 Å². The molecule has 0 spiro atoms. The molecular weight excluding hydrogens is 368 g/mol. The lowest BCUT2D eigenvalue weighted by molar-refractivity contribution is -0.149. The first-order valence-electron chi connectivity index (χ1n) is 11.1. The molecule has 0 aromatic carbocycles. The molecule has 0 aromatic rings. The van der Waals surface area contributed by atoms with E-state index in [1.165, 1.54) is 6.92 Å². The summed E-state index contributed by atoms with van der Waals surface area (Å²) in [5.74, 6) is 1.45. The molecule has 0 unspecified atom stereocenters. The van der Waals surface area contributed by atoms with Crippen molar-refractivity contribution >= 4 is 15.0 Å². The molecule has 2 aliphatic carbocycles. The lowest BCUT2D eigenvalue weighted by atomic mass is 9.60. The first-order valence-corrected chi connectivity index (χ1v) is 13.9. The summed E-state index contributed by atoms with van der Waals surface area (Å²) in [4.78, 5) is 11.3. The van der Waals surface area contributed by atoms with E-state index in [9.17, 15) is 9.90 Å². The van der Waals surface area contributed by atoms with E-state index >= 15 is 0 Å². The van der Waals surface area contributed by atoms with Crippen LogP contribution >= 0.6 is 0 Å². The highest BCUT2D eigenvalue weighted by atomic mass is 28.3. The lowest BCUT2D eigenvalue weighted by Crippen LogP contribution is -2.51. The minimum Gasteiger partial charge on any atom is -0.550 e. The summed E-state index contributed by atoms with van der Waals surface area (Å²) < 4.78 is 11.7. The quantitative estimate of drug-likeness (QED) is 0.356. The van der Waals surface area contributed by atoms with E-state index in [-0.39, 0.29) is 17.3 Å². The van der Waals surface area contributed by atoms with Crippen LogP contribution in [-0.4, -0.2) is 32.3 Å². The van der Waals surface area contributed by atoms with Crippen LogP contribution < -0.4 is 0 Å². The molecule has 0 radical (unpaired) electrons. The van der Waals surface area contributed by atoms with Crippen LogP contribution in [0.1, 0.15) is 79.6 Å². The molecule has 0 amide bonds. The molecule has 2 aliphatic rings. The maximum Gasteiger partial charge on any atom is 0.302 e. The molecule has 5 heteroatoms. The summed E-state index contributed by atoms with van der Waals surface area (Å²) in [6, 6.07) is 0. The molecule has 0 aromatic heterocycles. The number of fused-ring (bicyclic) bond motifs is 1. The van der Waals surface area contributed by atoms with Crippen LogP contribution in [-0.2, 0) is 14.0 Å². The van der Waals surface area contributed by atoms with Crippen molar-refractivity contribution in [1.29, 1.82) is 0 Å². The molecule has 2 rings (SSSR count). The third-order valence-electron chi connectivity index (χ3n) is 6.97. The average molecular weight is 411 g/mol. The first kappa shape index (κ1) is 23.5. The van der Waals surface area contributed by atoms with Crippen LogP contribution in [0.4, 0.5) is 0 Å². The average Bonchev–Trinajstić information content (AvgIpc) is 2.81. The van der Waals surface area contributed by atoms with Gasteiger partial charge in [0.25, 0.3) is 0 Å². The van der Waals surface area contributed by atoms with Crippen LogP contribution in [0.5, 0.6) is 0 Å². The monoisotopic (exact) mass is 410 g/mol. The van der Waals surface area contributed by atoms with E-state index in [4.69, 9.17) is 9.16 Å². The number of carbonyl (C=O) groups is 1. The molecule has 0 bridgehead atoms. The molecular formula is C23H42O4Si. The third kappa shape index (κ3) is 5.62. The van der Waals surface area contributed by atoms with Gasteiger partial charge in [0.05, 0.1) is 18.0 Å². The second kappa shape index (κ2) is 8.91. The van der Waals surface area contributed by atoms with Crippen molar-refractivity contribution in [2.24, 2.45) is 22.7 Å². The summed E-state index contributed by atoms with van der Waals surface area (Å²) in [6.45, 7) is 15.3. The molecule has 1 N–H and O–H groups in total. The number of hydrogen-bond acceptors (Lipinski definition) is 4. The van der Waals surface area contributed by atoms with Crippen molar-refractivity contribution in [3.63, 3.8) is 0 Å². The maximum atomic E-state index is 11.6. The summed E-state index contributed by atoms with van der Waals surface area (Å²) in [5.41, 5.74) is -0.550. The Hall–Kier alpha value is -0.813. The Morgan fingerprint density at radius 1 is 1.25 bits per heavy atom. The van der Waals surface area contributed by atoms with Gasteiger partial charge in [0.15, 0.2) is 0 Å². The molecule has 28 heavy (non-hydrogen) atoms. The van der Waals surface area contributed by atoms with E-state index in [1.807, 2.05) is 0 Å². The normalized spacial score (nSPS) is 33.7. The Kier molecular flexibility index (Phi) is 7.46. The highest BCUT2D eigenvalue weighted by molar-refractivity contribution is 6.48. The minimum atomic E-state index is -1.20. The SMILES string of the molecule is CC(=O)OC[C@H]1CC[C@]2(O)C[C@@H](/C(=C\CCC(C)(C)C)O[SiH](C)C)CC[C@]12C. The summed E-state index contributed by atoms with van der Waals surface area (Å²) in [7, 11) is -1.20. The summed E-state index contributed by atoms with van der Waals surface area (Å²) in [6.07, 6.45) is 8.95. The predicted molar refractivity (Wildman–Crippen MR) is 116 cm³/mol. The number of ether oxygens (including phenoxy) is 1. The molecule has 2 fully saturated rings. The van der Waals surface area contributed by atoms with Gasteiger partial charge in [-0.15, -0.1) is 0 Å². The van der Waals surface area contributed by atoms with Crippen molar-refractivity contribution in [3.05, 3.63) is 11.8 Å². The van der Waals surface area contributed by atoms with E-state index in [2.05, 4.69) is 46.9 Å². The van der Waals surface area contributed by atoms with Crippen molar-refractivity contribution < 1.29 is 19.1 Å². The Morgan fingerprint density at radius 2 is 1.93 bits per heavy atom. The number of rotatable bonds is 7. The van der Waals surface area contributed by atoms with Crippen LogP contribution in [0, 0.1) is 22.7 Å². The molecule has 4 nitrogen and oxygen atoms in total. The van der Waals surface area contributed by atoms with Gasteiger partial charge in [0.1, 0.15) is 0 Å². The zero-order valence-corrected chi connectivity index (χ0v) is 20.3. The molecule has 0 saturated heterocycles. The van der Waals surface area contributed by atoms with E-state index in [0.29, 0.717) is 17.9 Å². The third-order valence-corrected chi connectivity index (χ3v) is 7.71. The van der Waals surface area contributed by atoms with Crippen LogP contribution in [0.15, 0.2) is 11.8 Å². The Labute approximate surface area is 173 Å². The van der Waals surface area contributed by atoms with Gasteiger partial charge < -0.3 is 14.3 Å². The topological polar surface area (TPSA) is 55.8 Å². The highest BCUT2D eigenvalue weighted by Crippen LogP contribution is 2.60. The zero-order chi connectivity index (χ0) is 21.2. The predicted octanol–water partition coefficient (Wildman–Crippen LogP) is 5.21. The van der Waals surface area contributed by atoms with Crippen molar-refractivity contribution in [2.75, 3.05) is 6.61 Å². The van der Waals surface area contributed by atoms with E-state index in [1.54, 1.807) is 0 Å². The second-order valence-electron chi connectivity index (χ2n) is 10.8. The molecule has 0 heterocycles. The van der Waals surface area contributed by atoms with E-state index < -0.39 is 14.6 Å².